The van der Waals surface area contributed by atoms with Crippen LogP contribution >= 0.6 is 0 Å². The zero-order valence-electron chi connectivity index (χ0n) is 33.6. The molecule has 4 rings (SSSR count). The van der Waals surface area contributed by atoms with Gasteiger partial charge in [-0.25, -0.2) is 0 Å². The van der Waals surface area contributed by atoms with E-state index in [9.17, 15) is 40.5 Å². The Bertz CT molecular complexity index is 1630. The Morgan fingerprint density at radius 3 is 2.39 bits per heavy atom. The second-order valence-corrected chi connectivity index (χ2v) is 16.3. The maximum atomic E-state index is 13.2. The largest absolute Gasteiger partial charge is 0.508 e. The molecule has 6 unspecified atom stereocenters. The van der Waals surface area contributed by atoms with E-state index in [2.05, 4.69) is 23.2 Å². The highest BCUT2D eigenvalue weighted by Gasteiger charge is 2.53. The highest BCUT2D eigenvalue weighted by Crippen LogP contribution is 2.49. The van der Waals surface area contributed by atoms with Gasteiger partial charge in [0.25, 0.3) is 0 Å². The minimum atomic E-state index is -1.33. The maximum Gasteiger partial charge on any atom is 0.303 e. The number of carbonyl (C=O) groups is 1. The third-order valence-corrected chi connectivity index (χ3v) is 12.3. The van der Waals surface area contributed by atoms with Gasteiger partial charge in [0.15, 0.2) is 0 Å². The molecule has 1 aliphatic carbocycles. The molecule has 56 heavy (non-hydrogen) atoms. The Kier molecular flexibility index (Phi) is 18.1. The van der Waals surface area contributed by atoms with E-state index >= 15 is 0 Å². The number of fused-ring (bicyclic) bond motifs is 1. The number of unbranched alkanes of at least 4 members (excludes halogenated alkanes) is 4. The molecule has 2 aromatic rings. The molecule has 0 amide bonds. The second kappa shape index (κ2) is 22.4. The lowest BCUT2D eigenvalue weighted by Crippen LogP contribution is -2.63. The number of aromatic hydroxyl groups is 1. The summed E-state index contributed by atoms with van der Waals surface area (Å²) in [7, 11) is 0. The van der Waals surface area contributed by atoms with Gasteiger partial charge in [-0.2, -0.15) is 0 Å². The quantitative estimate of drug-likeness (QED) is 0.0554. The predicted octanol–water partition coefficient (Wildman–Crippen LogP) is 6.99. The highest BCUT2D eigenvalue weighted by atomic mass is 16.4. The van der Waals surface area contributed by atoms with Gasteiger partial charge in [0.2, 0.25) is 0 Å². The summed E-state index contributed by atoms with van der Waals surface area (Å²) in [6.07, 6.45) is 12.3. The number of phenolic OH excluding ortho intramolecular Hbond substituents is 1. The average Bonchev–Trinajstić information content (AvgIpc) is 3.19. The summed E-state index contributed by atoms with van der Waals surface area (Å²) in [5.74, 6) is 6.22. The number of nitrogens with one attached hydrogen (secondary N) is 1. The van der Waals surface area contributed by atoms with Crippen LogP contribution in [0.4, 0.5) is 0 Å². The molecule has 2 aliphatic rings. The number of aliphatic hydroxyl groups is 5. The van der Waals surface area contributed by atoms with Crippen molar-refractivity contribution in [3.8, 4) is 17.6 Å². The van der Waals surface area contributed by atoms with Crippen LogP contribution in [-0.2, 0) is 16.6 Å². The van der Waals surface area contributed by atoms with E-state index in [1.54, 1.807) is 18.2 Å². The van der Waals surface area contributed by atoms with E-state index in [4.69, 9.17) is 0 Å². The zero-order chi connectivity index (χ0) is 40.6. The lowest BCUT2D eigenvalue weighted by Gasteiger charge is -2.52. The fraction of sp³-hybridized carbons (Fsp3) is 0.596. The number of aryl methyl sites for hydroxylation is 1. The highest BCUT2D eigenvalue weighted by molar-refractivity contribution is 5.66. The van der Waals surface area contributed by atoms with Crippen LogP contribution < -0.4 is 5.32 Å². The minimum absolute atomic E-state index is 0.112. The second-order valence-electron chi connectivity index (χ2n) is 16.3. The van der Waals surface area contributed by atoms with Crippen molar-refractivity contribution in [3.05, 3.63) is 88.5 Å². The molecule has 1 fully saturated rings. The molecule has 1 saturated carbocycles. The van der Waals surface area contributed by atoms with Crippen LogP contribution in [0.3, 0.4) is 0 Å². The predicted molar refractivity (Wildman–Crippen MR) is 221 cm³/mol. The molecule has 0 bridgehead atoms. The van der Waals surface area contributed by atoms with Crippen molar-refractivity contribution in [1.29, 1.82) is 0 Å². The molecule has 0 aromatic heterocycles. The average molecular weight is 774 g/mol. The number of carboxylic acid groups (broad SMARTS) is 1. The summed E-state index contributed by atoms with van der Waals surface area (Å²) in [5, 5.41) is 79.7. The molecule has 8 N–H and O–H groups in total. The molecule has 0 saturated heterocycles. The molecule has 1 aliphatic heterocycles. The molecule has 9 nitrogen and oxygen atoms in total. The van der Waals surface area contributed by atoms with Gasteiger partial charge in [0.1, 0.15) is 5.75 Å². The van der Waals surface area contributed by atoms with Crippen LogP contribution in [0.15, 0.2) is 71.8 Å². The van der Waals surface area contributed by atoms with E-state index < -0.39 is 47.9 Å². The number of aliphatic carboxylic acids is 1. The van der Waals surface area contributed by atoms with Crippen molar-refractivity contribution in [2.24, 2.45) is 0 Å². The Hall–Kier alpha value is -3.49. The number of carboxylic acids is 1. The van der Waals surface area contributed by atoms with Gasteiger partial charge in [-0.15, -0.1) is 0 Å². The SMILES string of the molecule is CCCCC(O)C(O)C=CC1=C(CC(O)CO)C(CCCCCCC(=O)O)NC(C(C)(O)C2(c3ccc(O)cc3)CCCCC2)CC#Cc2ccccc2CC1. The van der Waals surface area contributed by atoms with Crippen LogP contribution in [0, 0.1) is 11.8 Å². The summed E-state index contributed by atoms with van der Waals surface area (Å²) in [5.41, 5.74) is 2.66. The van der Waals surface area contributed by atoms with E-state index in [1.165, 1.54) is 0 Å². The lowest BCUT2D eigenvalue weighted by molar-refractivity contribution is -0.137. The van der Waals surface area contributed by atoms with E-state index in [0.717, 1.165) is 92.0 Å². The van der Waals surface area contributed by atoms with Crippen LogP contribution in [0.25, 0.3) is 0 Å². The van der Waals surface area contributed by atoms with Gasteiger partial charge in [0.05, 0.1) is 30.5 Å². The number of hydrogen-bond donors (Lipinski definition) is 8. The van der Waals surface area contributed by atoms with E-state index in [0.29, 0.717) is 38.5 Å². The van der Waals surface area contributed by atoms with Crippen LogP contribution in [0.2, 0.25) is 0 Å². The van der Waals surface area contributed by atoms with Crippen LogP contribution in [0.5, 0.6) is 5.75 Å². The molecule has 6 atom stereocenters. The third-order valence-electron chi connectivity index (χ3n) is 12.3. The number of aliphatic hydroxyl groups excluding tert-OH is 4. The first-order valence-electron chi connectivity index (χ1n) is 21.0. The van der Waals surface area contributed by atoms with Crippen molar-refractivity contribution >= 4 is 5.97 Å². The number of allylic oxidation sites excluding steroid dienone is 2. The lowest BCUT2D eigenvalue weighted by atomic mass is 9.57. The maximum absolute atomic E-state index is 13.2. The van der Waals surface area contributed by atoms with Crippen LogP contribution in [-0.4, -0.2) is 84.3 Å². The monoisotopic (exact) mass is 773 g/mol. The first-order chi connectivity index (χ1) is 26.9. The van der Waals surface area contributed by atoms with Gasteiger partial charge in [-0.3, -0.25) is 4.79 Å². The molecule has 9 heteroatoms. The molecule has 1 heterocycles. The smallest absolute Gasteiger partial charge is 0.303 e. The summed E-state index contributed by atoms with van der Waals surface area (Å²) in [4.78, 5) is 11.2. The Balaban J connectivity index is 1.90. The number of rotatable bonds is 19. The van der Waals surface area contributed by atoms with E-state index in [1.807, 2.05) is 50.3 Å². The Morgan fingerprint density at radius 1 is 0.982 bits per heavy atom. The first-order valence-corrected chi connectivity index (χ1v) is 21.0. The summed E-state index contributed by atoms with van der Waals surface area (Å²) in [6, 6.07) is 14.3. The molecule has 2 aromatic carbocycles. The third kappa shape index (κ3) is 12.5. The normalized spacial score (nSPS) is 21.8. The number of phenols is 1. The first kappa shape index (κ1) is 45.2. The fourth-order valence-electron chi connectivity index (χ4n) is 8.83. The molecular weight excluding hydrogens is 707 g/mol. The summed E-state index contributed by atoms with van der Waals surface area (Å²) < 4.78 is 0. The fourth-order valence-corrected chi connectivity index (χ4v) is 8.83. The van der Waals surface area contributed by atoms with Crippen LogP contribution in [0.1, 0.15) is 140 Å². The zero-order valence-corrected chi connectivity index (χ0v) is 33.6. The van der Waals surface area contributed by atoms with Crippen molar-refractivity contribution in [2.45, 2.75) is 171 Å². The van der Waals surface area contributed by atoms with Gasteiger partial charge in [-0.05, 0) is 98.8 Å². The summed E-state index contributed by atoms with van der Waals surface area (Å²) in [6.45, 7) is 3.50. The molecule has 0 radical (unpaired) electrons. The topological polar surface area (TPSA) is 171 Å². The van der Waals surface area contributed by atoms with Crippen molar-refractivity contribution in [2.75, 3.05) is 6.61 Å². The minimum Gasteiger partial charge on any atom is -0.508 e. The van der Waals surface area contributed by atoms with Crippen molar-refractivity contribution < 1.29 is 40.5 Å². The Labute approximate surface area is 334 Å². The van der Waals surface area contributed by atoms with E-state index in [-0.39, 0.29) is 24.6 Å². The van der Waals surface area contributed by atoms with Gasteiger partial charge < -0.3 is 41.1 Å². The van der Waals surface area contributed by atoms with Gasteiger partial charge in [-0.1, -0.05) is 113 Å². The van der Waals surface area contributed by atoms with Gasteiger partial charge >= 0.3 is 5.97 Å². The van der Waals surface area contributed by atoms with Crippen molar-refractivity contribution in [3.63, 3.8) is 0 Å². The number of hydrogen-bond acceptors (Lipinski definition) is 8. The molecule has 0 spiro atoms. The van der Waals surface area contributed by atoms with Gasteiger partial charge in [0, 0.05) is 35.9 Å². The number of benzene rings is 2. The standard InChI is InChI=1S/C47H67NO8/c1-3-4-19-42(52)43(53)29-24-36-23-22-35-16-11-10-15-34(35)17-14-20-44(46(2,56)47(30-12-7-13-31-47)37-25-27-38(50)28-26-37)48-41(40(36)32-39(51)33-49)18-8-5-6-9-21-45(54)55/h10-11,15-16,24-29,39,41-44,48-53,56H,3-9,12-13,18-23,30-33H2,1-2H3,(H,54,55). The van der Waals surface area contributed by atoms with Crippen molar-refractivity contribution in [1.82, 2.24) is 5.32 Å². The molecular formula is C47H67NO8. The summed E-state index contributed by atoms with van der Waals surface area (Å²) >= 11 is 0. The Morgan fingerprint density at radius 2 is 1.70 bits per heavy atom. The molecule has 308 valence electrons.